The van der Waals surface area contributed by atoms with Gasteiger partial charge >= 0.3 is 0 Å². The molecule has 2 rings (SSSR count). The molecule has 1 aromatic heterocycles. The minimum atomic E-state index is -0.417. The molecule has 0 atom stereocenters. The number of hydrogen-bond donors (Lipinski definition) is 1. The molecule has 1 N–H and O–H groups in total. The molecule has 0 aromatic carbocycles. The Morgan fingerprint density at radius 3 is 3.00 bits per heavy atom. The first kappa shape index (κ1) is 8.56. The average Bonchev–Trinajstić information content (AvgIpc) is 2.69. The van der Waals surface area contributed by atoms with E-state index >= 15 is 0 Å². The quantitative estimate of drug-likeness (QED) is 0.760. The van der Waals surface area contributed by atoms with Gasteiger partial charge in [-0.05, 0) is 24.4 Å². The highest BCUT2D eigenvalue weighted by Crippen LogP contribution is 2.39. The maximum absolute atomic E-state index is 9.56. The molecule has 1 heterocycles. The molecular formula is C9H13NO3. The first-order valence-corrected chi connectivity index (χ1v) is 4.44. The molecule has 0 saturated heterocycles. The van der Waals surface area contributed by atoms with Gasteiger partial charge in [0.2, 0.25) is 0 Å². The number of rotatable bonds is 4. The lowest BCUT2D eigenvalue weighted by Gasteiger charge is -2.02. The number of methoxy groups -OCH3 is 1. The Labute approximate surface area is 76.5 Å². The molecule has 0 unspecified atom stereocenters. The molecule has 13 heavy (non-hydrogen) atoms. The third-order valence-corrected chi connectivity index (χ3v) is 2.41. The van der Waals surface area contributed by atoms with Crippen molar-refractivity contribution in [2.24, 2.45) is 0 Å². The van der Waals surface area contributed by atoms with E-state index in [1.165, 1.54) is 0 Å². The van der Waals surface area contributed by atoms with Gasteiger partial charge in [0.1, 0.15) is 5.76 Å². The van der Waals surface area contributed by atoms with Crippen LogP contribution in [-0.2, 0) is 6.42 Å². The molecule has 0 amide bonds. The van der Waals surface area contributed by atoms with E-state index in [-0.39, 0.29) is 0 Å². The summed E-state index contributed by atoms with van der Waals surface area (Å²) in [4.78, 5) is 0. The first-order chi connectivity index (χ1) is 6.22. The molecule has 0 radical (unpaired) electrons. The minimum Gasteiger partial charge on any atom is -0.479 e. The number of nitrogens with zero attached hydrogens (tertiary/aromatic N) is 1. The maximum atomic E-state index is 9.56. The van der Waals surface area contributed by atoms with Crippen molar-refractivity contribution in [3.05, 3.63) is 11.8 Å². The van der Waals surface area contributed by atoms with E-state index in [4.69, 9.17) is 9.26 Å². The Morgan fingerprint density at radius 2 is 2.46 bits per heavy atom. The standard InChI is InChI=1S/C9H13NO3/c1-12-8-6-7(13-10-8)2-3-9(11)4-5-9/h6,11H,2-5H2,1H3. The normalized spacial score (nSPS) is 18.6. The van der Waals surface area contributed by atoms with Gasteiger partial charge in [-0.25, -0.2) is 0 Å². The molecule has 1 aromatic rings. The Kier molecular flexibility index (Phi) is 2.00. The Hall–Kier alpha value is -1.03. The third kappa shape index (κ3) is 2.01. The van der Waals surface area contributed by atoms with Crippen LogP contribution >= 0.6 is 0 Å². The monoisotopic (exact) mass is 183 g/mol. The van der Waals surface area contributed by atoms with Gasteiger partial charge in [0.15, 0.2) is 0 Å². The molecule has 72 valence electrons. The highest BCUT2D eigenvalue weighted by molar-refractivity contribution is 5.11. The van der Waals surface area contributed by atoms with Gasteiger partial charge in [-0.2, -0.15) is 0 Å². The van der Waals surface area contributed by atoms with E-state index in [0.29, 0.717) is 5.88 Å². The number of aliphatic hydroxyl groups is 1. The molecule has 0 aliphatic heterocycles. The smallest absolute Gasteiger partial charge is 0.254 e. The van der Waals surface area contributed by atoms with Crippen molar-refractivity contribution in [1.82, 2.24) is 5.16 Å². The predicted octanol–water partition coefficient (Wildman–Crippen LogP) is 1.14. The van der Waals surface area contributed by atoms with Gasteiger partial charge in [0, 0.05) is 12.5 Å². The fourth-order valence-electron chi connectivity index (χ4n) is 1.26. The van der Waals surface area contributed by atoms with E-state index in [0.717, 1.165) is 31.4 Å². The second-order valence-electron chi connectivity index (χ2n) is 3.56. The van der Waals surface area contributed by atoms with Crippen LogP contribution in [0.25, 0.3) is 0 Å². The number of aromatic nitrogens is 1. The lowest BCUT2D eigenvalue weighted by molar-refractivity contribution is 0.137. The molecule has 1 aliphatic rings. The summed E-state index contributed by atoms with van der Waals surface area (Å²) >= 11 is 0. The summed E-state index contributed by atoms with van der Waals surface area (Å²) in [6.45, 7) is 0. The zero-order chi connectivity index (χ0) is 9.31. The van der Waals surface area contributed by atoms with Crippen LogP contribution in [0.2, 0.25) is 0 Å². The molecule has 1 aliphatic carbocycles. The van der Waals surface area contributed by atoms with Crippen molar-refractivity contribution in [1.29, 1.82) is 0 Å². The summed E-state index contributed by atoms with van der Waals surface area (Å²) in [6.07, 6.45) is 3.31. The van der Waals surface area contributed by atoms with Gasteiger partial charge in [0.25, 0.3) is 5.88 Å². The Bertz CT molecular complexity index is 291. The van der Waals surface area contributed by atoms with Gasteiger partial charge in [-0.15, -0.1) is 0 Å². The summed E-state index contributed by atoms with van der Waals surface area (Å²) < 4.78 is 9.87. The molecular weight excluding hydrogens is 170 g/mol. The van der Waals surface area contributed by atoms with Gasteiger partial charge in [-0.1, -0.05) is 0 Å². The minimum absolute atomic E-state index is 0.417. The van der Waals surface area contributed by atoms with E-state index in [2.05, 4.69) is 5.16 Å². The van der Waals surface area contributed by atoms with Crippen LogP contribution in [0, 0.1) is 0 Å². The Balaban J connectivity index is 1.87. The van der Waals surface area contributed by atoms with Crippen molar-refractivity contribution in [3.63, 3.8) is 0 Å². The second-order valence-corrected chi connectivity index (χ2v) is 3.56. The largest absolute Gasteiger partial charge is 0.479 e. The Morgan fingerprint density at radius 1 is 1.69 bits per heavy atom. The fraction of sp³-hybridized carbons (Fsp3) is 0.667. The average molecular weight is 183 g/mol. The molecule has 4 heteroatoms. The lowest BCUT2D eigenvalue weighted by Crippen LogP contribution is -2.07. The van der Waals surface area contributed by atoms with Crippen LogP contribution in [0.1, 0.15) is 25.0 Å². The number of ether oxygens (including phenoxy) is 1. The molecule has 1 fully saturated rings. The summed E-state index contributed by atoms with van der Waals surface area (Å²) in [5.41, 5.74) is -0.417. The number of hydrogen-bond acceptors (Lipinski definition) is 4. The molecule has 0 bridgehead atoms. The highest BCUT2D eigenvalue weighted by Gasteiger charge is 2.39. The lowest BCUT2D eigenvalue weighted by atomic mass is 10.1. The zero-order valence-corrected chi connectivity index (χ0v) is 7.62. The summed E-state index contributed by atoms with van der Waals surface area (Å²) in [5.74, 6) is 1.27. The maximum Gasteiger partial charge on any atom is 0.254 e. The van der Waals surface area contributed by atoms with Crippen molar-refractivity contribution in [2.45, 2.75) is 31.3 Å². The van der Waals surface area contributed by atoms with Crippen LogP contribution in [0.3, 0.4) is 0 Å². The highest BCUT2D eigenvalue weighted by atomic mass is 16.5. The summed E-state index contributed by atoms with van der Waals surface area (Å²) in [6, 6.07) is 1.76. The van der Waals surface area contributed by atoms with Crippen LogP contribution in [0.15, 0.2) is 10.6 Å². The van der Waals surface area contributed by atoms with Gasteiger partial charge < -0.3 is 14.4 Å². The van der Waals surface area contributed by atoms with Crippen LogP contribution in [-0.4, -0.2) is 23.0 Å². The third-order valence-electron chi connectivity index (χ3n) is 2.41. The summed E-state index contributed by atoms with van der Waals surface area (Å²) in [5, 5.41) is 13.2. The van der Waals surface area contributed by atoms with E-state index in [1.807, 2.05) is 0 Å². The predicted molar refractivity (Wildman–Crippen MR) is 45.6 cm³/mol. The summed E-state index contributed by atoms with van der Waals surface area (Å²) in [7, 11) is 1.55. The molecule has 4 nitrogen and oxygen atoms in total. The van der Waals surface area contributed by atoms with E-state index < -0.39 is 5.60 Å². The molecule has 0 spiro atoms. The molecule has 1 saturated carbocycles. The van der Waals surface area contributed by atoms with Crippen LogP contribution in [0.4, 0.5) is 0 Å². The number of aryl methyl sites for hydroxylation is 1. The van der Waals surface area contributed by atoms with Crippen LogP contribution in [0.5, 0.6) is 5.88 Å². The van der Waals surface area contributed by atoms with Crippen molar-refractivity contribution in [3.8, 4) is 5.88 Å². The van der Waals surface area contributed by atoms with Gasteiger partial charge in [-0.3, -0.25) is 0 Å². The zero-order valence-electron chi connectivity index (χ0n) is 7.62. The fourth-order valence-corrected chi connectivity index (χ4v) is 1.26. The topological polar surface area (TPSA) is 55.5 Å². The SMILES string of the molecule is COc1cc(CCC2(O)CC2)on1. The van der Waals surface area contributed by atoms with Crippen molar-refractivity contribution in [2.75, 3.05) is 7.11 Å². The van der Waals surface area contributed by atoms with Gasteiger partial charge in [0.05, 0.1) is 12.7 Å². The second kappa shape index (κ2) is 3.03. The van der Waals surface area contributed by atoms with E-state index in [9.17, 15) is 5.11 Å². The first-order valence-electron chi connectivity index (χ1n) is 4.44. The van der Waals surface area contributed by atoms with E-state index in [1.54, 1.807) is 13.2 Å². The van der Waals surface area contributed by atoms with Crippen LogP contribution < -0.4 is 4.74 Å². The van der Waals surface area contributed by atoms with Crippen molar-refractivity contribution < 1.29 is 14.4 Å². The van der Waals surface area contributed by atoms with Crippen molar-refractivity contribution >= 4 is 0 Å².